The minimum absolute atomic E-state index is 0. The normalized spacial score (nSPS) is 13.9. The molecule has 10 heteroatoms. The number of aromatic hydroxyl groups is 2. The van der Waals surface area contributed by atoms with Crippen molar-refractivity contribution < 1.29 is 68.4 Å². The second-order valence-electron chi connectivity index (χ2n) is 10.3. The standard InChI is InChI=1S/C20H12O5.C14H10O3S.Na.H/c21-11-5-7-15-17(9-11)24-18-10-12(22)6-8-16(18)20(15)14-4-2-1-3-13(14)19(23)25-20;15-18(16,17)14-6-5-12-7-10-3-1-2-4-11(10)8-13(12)9-14;;/h1-10,21-22H;1-9H,(H,15,16,17);;/q;;+1;-1. The molecule has 3 N–H and O–H groups in total. The van der Waals surface area contributed by atoms with E-state index in [1.165, 1.54) is 36.4 Å². The second kappa shape index (κ2) is 11.0. The van der Waals surface area contributed by atoms with Gasteiger partial charge in [-0.15, -0.1) is 0 Å². The maximum absolute atomic E-state index is 12.5. The van der Waals surface area contributed by atoms with Crippen LogP contribution in [0.5, 0.6) is 23.0 Å². The fourth-order valence-electron chi connectivity index (χ4n) is 5.73. The number of hydrogen-bond acceptors (Lipinski definition) is 7. The molecule has 0 aliphatic carbocycles. The van der Waals surface area contributed by atoms with Crippen LogP contribution in [0, 0.1) is 0 Å². The van der Waals surface area contributed by atoms with Crippen molar-refractivity contribution in [3.63, 3.8) is 0 Å². The predicted molar refractivity (Wildman–Crippen MR) is 160 cm³/mol. The molecular formula is C34H23NaO8S. The summed E-state index contributed by atoms with van der Waals surface area (Å²) in [7, 11) is -4.15. The zero-order valence-corrected chi connectivity index (χ0v) is 26.1. The van der Waals surface area contributed by atoms with Crippen LogP contribution in [0.25, 0.3) is 21.5 Å². The second-order valence-corrected chi connectivity index (χ2v) is 11.7. The number of hydrogen-bond donors (Lipinski definition) is 3. The van der Waals surface area contributed by atoms with Crippen LogP contribution in [0.1, 0.15) is 28.5 Å². The summed E-state index contributed by atoms with van der Waals surface area (Å²) in [4.78, 5) is 12.5. The van der Waals surface area contributed by atoms with Crippen LogP contribution in [-0.4, -0.2) is 29.2 Å². The molecule has 0 aromatic heterocycles. The van der Waals surface area contributed by atoms with Crippen molar-refractivity contribution in [2.45, 2.75) is 10.5 Å². The molecule has 6 aromatic carbocycles. The van der Waals surface area contributed by atoms with E-state index in [0.717, 1.165) is 21.5 Å². The molecule has 0 saturated heterocycles. The Balaban J connectivity index is 0.000000179. The van der Waals surface area contributed by atoms with Crippen molar-refractivity contribution in [3.8, 4) is 23.0 Å². The molecule has 6 aromatic rings. The molecular weight excluding hydrogens is 591 g/mol. The van der Waals surface area contributed by atoms with Gasteiger partial charge in [0.05, 0.1) is 10.5 Å². The maximum Gasteiger partial charge on any atom is 1.00 e. The smallest absolute Gasteiger partial charge is 1.00 e. The van der Waals surface area contributed by atoms with Gasteiger partial charge in [0.15, 0.2) is 5.60 Å². The van der Waals surface area contributed by atoms with Crippen molar-refractivity contribution in [1.29, 1.82) is 0 Å². The zero-order valence-electron chi connectivity index (χ0n) is 24.3. The monoisotopic (exact) mass is 614 g/mol. The minimum Gasteiger partial charge on any atom is -1.00 e. The first kappa shape index (κ1) is 29.7. The van der Waals surface area contributed by atoms with E-state index in [1.54, 1.807) is 30.3 Å². The predicted octanol–water partition coefficient (Wildman–Crippen LogP) is 4.02. The first-order valence-electron chi connectivity index (χ1n) is 13.2. The van der Waals surface area contributed by atoms with Gasteiger partial charge in [-0.25, -0.2) is 4.79 Å². The minimum atomic E-state index is -4.15. The Hall–Kier alpha value is -4.38. The van der Waals surface area contributed by atoms with E-state index in [1.807, 2.05) is 48.5 Å². The van der Waals surface area contributed by atoms with Gasteiger partial charge in [0, 0.05) is 28.8 Å². The average Bonchev–Trinajstić information content (AvgIpc) is 3.28. The van der Waals surface area contributed by atoms with Gasteiger partial charge in [0.25, 0.3) is 10.1 Å². The van der Waals surface area contributed by atoms with Gasteiger partial charge in [-0.05, 0) is 76.1 Å². The SMILES string of the molecule is O=C1OC2(c3ccc(O)cc3Oc3cc(O)ccc32)c2ccccc21.O=S(=O)(O)c1ccc2cc3ccccc3cc2c1.[H-].[Na+]. The molecule has 2 aliphatic heterocycles. The van der Waals surface area contributed by atoms with Crippen LogP contribution in [-0.2, 0) is 20.5 Å². The maximum atomic E-state index is 12.5. The molecule has 0 atom stereocenters. The molecule has 8 nitrogen and oxygen atoms in total. The Kier molecular flexibility index (Phi) is 7.39. The molecule has 44 heavy (non-hydrogen) atoms. The van der Waals surface area contributed by atoms with Gasteiger partial charge in [0.2, 0.25) is 0 Å². The summed E-state index contributed by atoms with van der Waals surface area (Å²) < 4.78 is 43.0. The number of phenolic OH excluding ortho intramolecular Hbond substituents is 2. The van der Waals surface area contributed by atoms with Gasteiger partial charge in [-0.1, -0.05) is 48.5 Å². The molecule has 0 amide bonds. The van der Waals surface area contributed by atoms with Crippen molar-refractivity contribution in [2.24, 2.45) is 0 Å². The molecule has 8 rings (SSSR count). The van der Waals surface area contributed by atoms with Crippen LogP contribution < -0.4 is 34.3 Å². The van der Waals surface area contributed by atoms with Gasteiger partial charge >= 0.3 is 35.5 Å². The summed E-state index contributed by atoms with van der Waals surface area (Å²) >= 11 is 0. The number of benzene rings is 6. The van der Waals surface area contributed by atoms with Gasteiger partial charge in [-0.2, -0.15) is 8.42 Å². The Morgan fingerprint density at radius 2 is 1.16 bits per heavy atom. The van der Waals surface area contributed by atoms with Gasteiger partial charge in [0.1, 0.15) is 23.0 Å². The number of esters is 1. The Bertz CT molecular complexity index is 2180. The van der Waals surface area contributed by atoms with Crippen LogP contribution >= 0.6 is 0 Å². The fraction of sp³-hybridized carbons (Fsp3) is 0.0294. The Morgan fingerprint density at radius 1 is 0.614 bits per heavy atom. The van der Waals surface area contributed by atoms with E-state index in [9.17, 15) is 23.4 Å². The van der Waals surface area contributed by atoms with Crippen molar-refractivity contribution >= 4 is 37.6 Å². The molecule has 2 aliphatic rings. The van der Waals surface area contributed by atoms with Crippen LogP contribution in [0.15, 0.2) is 120 Å². The number of phenols is 2. The summed E-state index contributed by atoms with van der Waals surface area (Å²) in [6.07, 6.45) is 0. The topological polar surface area (TPSA) is 130 Å². The molecule has 0 fully saturated rings. The largest absolute Gasteiger partial charge is 1.00 e. The van der Waals surface area contributed by atoms with Crippen molar-refractivity contribution in [2.75, 3.05) is 0 Å². The number of carbonyl (C=O) groups is 1. The van der Waals surface area contributed by atoms with E-state index < -0.39 is 21.7 Å². The third kappa shape index (κ3) is 4.89. The summed E-state index contributed by atoms with van der Waals surface area (Å²) in [6.45, 7) is 0. The van der Waals surface area contributed by atoms with Gasteiger partial charge in [-0.3, -0.25) is 4.55 Å². The van der Waals surface area contributed by atoms with Crippen LogP contribution in [0.3, 0.4) is 0 Å². The number of rotatable bonds is 1. The van der Waals surface area contributed by atoms with Crippen molar-refractivity contribution in [1.82, 2.24) is 0 Å². The third-order valence-electron chi connectivity index (χ3n) is 7.66. The van der Waals surface area contributed by atoms with E-state index in [4.69, 9.17) is 14.0 Å². The van der Waals surface area contributed by atoms with E-state index in [0.29, 0.717) is 33.8 Å². The zero-order chi connectivity index (χ0) is 29.9. The third-order valence-corrected chi connectivity index (χ3v) is 8.50. The van der Waals surface area contributed by atoms with Crippen molar-refractivity contribution in [3.05, 3.63) is 138 Å². The fourth-order valence-corrected chi connectivity index (χ4v) is 6.25. The summed E-state index contributed by atoms with van der Waals surface area (Å²) in [5.41, 5.74) is 1.28. The summed E-state index contributed by atoms with van der Waals surface area (Å²) in [5, 5.41) is 23.5. The van der Waals surface area contributed by atoms with Crippen LogP contribution in [0.4, 0.5) is 0 Å². The number of fused-ring (bicyclic) bond motifs is 8. The molecule has 0 radical (unpaired) electrons. The van der Waals surface area contributed by atoms with Crippen LogP contribution in [0.2, 0.25) is 0 Å². The van der Waals surface area contributed by atoms with E-state index in [2.05, 4.69) is 0 Å². The summed E-state index contributed by atoms with van der Waals surface area (Å²) in [5.74, 6) is 0.408. The molecule has 0 saturated carbocycles. The molecule has 0 unspecified atom stereocenters. The van der Waals surface area contributed by atoms with Gasteiger partial charge < -0.3 is 21.1 Å². The summed E-state index contributed by atoms with van der Waals surface area (Å²) in [6, 6.07) is 33.0. The first-order valence-corrected chi connectivity index (χ1v) is 14.7. The number of carbonyl (C=O) groups excluding carboxylic acids is 1. The average molecular weight is 615 g/mol. The Labute approximate surface area is 275 Å². The molecule has 2 heterocycles. The number of ether oxygens (including phenoxy) is 2. The molecule has 214 valence electrons. The Morgan fingerprint density at radius 3 is 1.77 bits per heavy atom. The quantitative estimate of drug-likeness (QED) is 0.110. The van der Waals surface area contributed by atoms with E-state index in [-0.39, 0.29) is 47.4 Å². The molecule has 1 spiro atoms. The first-order chi connectivity index (χ1) is 20.6. The van der Waals surface area contributed by atoms with E-state index >= 15 is 0 Å². The molecule has 0 bridgehead atoms.